The molecule has 1 saturated heterocycles. The summed E-state index contributed by atoms with van der Waals surface area (Å²) in [7, 11) is 1.84. The zero-order chi connectivity index (χ0) is 19.3. The van der Waals surface area contributed by atoms with Crippen LogP contribution in [0.25, 0.3) is 10.6 Å². The van der Waals surface area contributed by atoms with E-state index >= 15 is 0 Å². The fourth-order valence-corrected chi connectivity index (χ4v) is 4.02. The molecule has 1 N–H and O–H groups in total. The number of aromatic nitrogens is 4. The van der Waals surface area contributed by atoms with Gasteiger partial charge in [-0.05, 0) is 17.5 Å². The van der Waals surface area contributed by atoms with Gasteiger partial charge >= 0.3 is 0 Å². The SMILES string of the molecule is Cn1cc(C(=O)NCCN2CCN(c3ncccn3)CC2)c(-c2cccs2)n1. The van der Waals surface area contributed by atoms with E-state index in [0.29, 0.717) is 12.1 Å². The molecule has 0 aliphatic carbocycles. The zero-order valence-corrected chi connectivity index (χ0v) is 16.6. The second-order valence-electron chi connectivity index (χ2n) is 6.68. The van der Waals surface area contributed by atoms with Crippen LogP contribution < -0.4 is 10.2 Å². The van der Waals surface area contributed by atoms with Gasteiger partial charge in [0.1, 0.15) is 5.69 Å². The highest BCUT2D eigenvalue weighted by Gasteiger charge is 2.20. The van der Waals surface area contributed by atoms with Gasteiger partial charge in [0, 0.05) is 64.9 Å². The van der Waals surface area contributed by atoms with Crippen molar-refractivity contribution < 1.29 is 4.79 Å². The van der Waals surface area contributed by atoms with Crippen LogP contribution in [0.5, 0.6) is 0 Å². The molecule has 3 aromatic rings. The standard InChI is InChI=1S/C19H23N7OS/c1-24-14-15(17(23-24)16-4-2-13-28-16)18(27)20-7-8-25-9-11-26(12-10-25)19-21-5-3-6-22-19/h2-6,13-14H,7-12H2,1H3,(H,20,27). The number of carbonyl (C=O) groups excluding carboxylic acids is 1. The van der Waals surface area contributed by atoms with Crippen LogP contribution in [0.2, 0.25) is 0 Å². The lowest BCUT2D eigenvalue weighted by Crippen LogP contribution is -2.49. The first-order chi connectivity index (χ1) is 13.7. The highest BCUT2D eigenvalue weighted by atomic mass is 32.1. The zero-order valence-electron chi connectivity index (χ0n) is 15.8. The Hall–Kier alpha value is -2.78. The maximum absolute atomic E-state index is 12.6. The molecule has 1 aliphatic heterocycles. The number of carbonyl (C=O) groups is 1. The highest BCUT2D eigenvalue weighted by Crippen LogP contribution is 2.26. The van der Waals surface area contributed by atoms with Crippen molar-refractivity contribution >= 4 is 23.2 Å². The van der Waals surface area contributed by atoms with Gasteiger partial charge in [-0.1, -0.05) is 6.07 Å². The van der Waals surface area contributed by atoms with E-state index in [1.54, 1.807) is 34.6 Å². The summed E-state index contributed by atoms with van der Waals surface area (Å²) in [6, 6.07) is 5.78. The molecule has 8 nitrogen and oxygen atoms in total. The minimum atomic E-state index is -0.0761. The van der Waals surface area contributed by atoms with Crippen molar-refractivity contribution in [3.05, 3.63) is 47.7 Å². The van der Waals surface area contributed by atoms with Crippen molar-refractivity contribution in [1.29, 1.82) is 0 Å². The number of piperazine rings is 1. The van der Waals surface area contributed by atoms with E-state index in [4.69, 9.17) is 0 Å². The monoisotopic (exact) mass is 397 g/mol. The van der Waals surface area contributed by atoms with E-state index in [1.165, 1.54) is 0 Å². The molecule has 4 rings (SSSR count). The van der Waals surface area contributed by atoms with Gasteiger partial charge in [-0.25, -0.2) is 9.97 Å². The first-order valence-electron chi connectivity index (χ1n) is 9.31. The topological polar surface area (TPSA) is 79.2 Å². The molecular formula is C19H23N7OS. The van der Waals surface area contributed by atoms with Crippen molar-refractivity contribution in [3.8, 4) is 10.6 Å². The van der Waals surface area contributed by atoms with Gasteiger partial charge < -0.3 is 10.2 Å². The predicted molar refractivity (Wildman–Crippen MR) is 110 cm³/mol. The van der Waals surface area contributed by atoms with E-state index < -0.39 is 0 Å². The van der Waals surface area contributed by atoms with Crippen LogP contribution in [-0.2, 0) is 7.05 Å². The molecule has 0 atom stereocenters. The van der Waals surface area contributed by atoms with E-state index in [2.05, 4.69) is 30.2 Å². The molecule has 0 aromatic carbocycles. The van der Waals surface area contributed by atoms with Gasteiger partial charge in [-0.15, -0.1) is 11.3 Å². The van der Waals surface area contributed by atoms with Crippen LogP contribution in [0.3, 0.4) is 0 Å². The quantitative estimate of drug-likeness (QED) is 0.679. The fourth-order valence-electron chi connectivity index (χ4n) is 3.30. The lowest BCUT2D eigenvalue weighted by molar-refractivity contribution is 0.0948. The molecule has 9 heteroatoms. The van der Waals surface area contributed by atoms with Crippen molar-refractivity contribution in [3.63, 3.8) is 0 Å². The average molecular weight is 398 g/mol. The molecule has 1 fully saturated rings. The highest BCUT2D eigenvalue weighted by molar-refractivity contribution is 7.13. The summed E-state index contributed by atoms with van der Waals surface area (Å²) in [4.78, 5) is 26.8. The number of anilines is 1. The Morgan fingerprint density at radius 1 is 1.18 bits per heavy atom. The maximum Gasteiger partial charge on any atom is 0.255 e. The molecule has 1 aliphatic rings. The maximum atomic E-state index is 12.6. The molecule has 4 heterocycles. The van der Waals surface area contributed by atoms with Crippen molar-refractivity contribution in [2.75, 3.05) is 44.2 Å². The average Bonchev–Trinajstić information content (AvgIpc) is 3.38. The van der Waals surface area contributed by atoms with Gasteiger partial charge in [0.2, 0.25) is 5.95 Å². The van der Waals surface area contributed by atoms with E-state index in [-0.39, 0.29) is 5.91 Å². The van der Waals surface area contributed by atoms with Gasteiger partial charge in [0.05, 0.1) is 10.4 Å². The Kier molecular flexibility index (Phi) is 5.63. The van der Waals surface area contributed by atoms with Crippen LogP contribution in [-0.4, -0.2) is 69.8 Å². The number of nitrogens with one attached hydrogen (secondary N) is 1. The first-order valence-corrected chi connectivity index (χ1v) is 10.2. The number of thiophene rings is 1. The third-order valence-electron chi connectivity index (χ3n) is 4.75. The smallest absolute Gasteiger partial charge is 0.255 e. The van der Waals surface area contributed by atoms with Crippen molar-refractivity contribution in [2.24, 2.45) is 7.05 Å². The number of rotatable bonds is 6. The molecule has 3 aromatic heterocycles. The Morgan fingerprint density at radius 2 is 1.96 bits per heavy atom. The van der Waals surface area contributed by atoms with Crippen LogP contribution in [0.1, 0.15) is 10.4 Å². The van der Waals surface area contributed by atoms with Crippen molar-refractivity contribution in [2.45, 2.75) is 0 Å². The molecule has 0 spiro atoms. The van der Waals surface area contributed by atoms with Gasteiger partial charge in [-0.2, -0.15) is 5.10 Å². The lowest BCUT2D eigenvalue weighted by atomic mass is 10.2. The number of nitrogens with zero attached hydrogens (tertiary/aromatic N) is 6. The molecule has 0 radical (unpaired) electrons. The normalized spacial score (nSPS) is 15.0. The van der Waals surface area contributed by atoms with E-state index in [1.807, 2.05) is 30.6 Å². The summed E-state index contributed by atoms with van der Waals surface area (Å²) in [5.41, 5.74) is 1.36. The molecule has 28 heavy (non-hydrogen) atoms. The minimum Gasteiger partial charge on any atom is -0.351 e. The first kappa shape index (κ1) is 18.6. The summed E-state index contributed by atoms with van der Waals surface area (Å²) < 4.78 is 1.69. The fraction of sp³-hybridized carbons (Fsp3) is 0.368. The molecule has 0 bridgehead atoms. The van der Waals surface area contributed by atoms with Gasteiger partial charge in [0.15, 0.2) is 0 Å². The van der Waals surface area contributed by atoms with Crippen LogP contribution in [0, 0.1) is 0 Å². The van der Waals surface area contributed by atoms with E-state index in [9.17, 15) is 4.79 Å². The van der Waals surface area contributed by atoms with Crippen LogP contribution in [0.4, 0.5) is 5.95 Å². The Labute approximate surface area is 167 Å². The van der Waals surface area contributed by atoms with Crippen LogP contribution >= 0.6 is 11.3 Å². The largest absolute Gasteiger partial charge is 0.351 e. The molecule has 0 saturated carbocycles. The number of aryl methyl sites for hydroxylation is 1. The summed E-state index contributed by atoms with van der Waals surface area (Å²) >= 11 is 1.59. The molecule has 1 amide bonds. The Morgan fingerprint density at radius 3 is 2.68 bits per heavy atom. The molecule has 146 valence electrons. The summed E-state index contributed by atoms with van der Waals surface area (Å²) in [5.74, 6) is 0.709. The molecule has 0 unspecified atom stereocenters. The van der Waals surface area contributed by atoms with Gasteiger partial charge in [-0.3, -0.25) is 14.4 Å². The Balaban J connectivity index is 1.27. The summed E-state index contributed by atoms with van der Waals surface area (Å²) in [6.45, 7) is 5.08. The second kappa shape index (κ2) is 8.49. The summed E-state index contributed by atoms with van der Waals surface area (Å²) in [6.07, 6.45) is 5.32. The number of amides is 1. The van der Waals surface area contributed by atoms with Crippen LogP contribution in [0.15, 0.2) is 42.2 Å². The van der Waals surface area contributed by atoms with Gasteiger partial charge in [0.25, 0.3) is 5.91 Å². The predicted octanol–water partition coefficient (Wildman–Crippen LogP) is 1.49. The lowest BCUT2D eigenvalue weighted by Gasteiger charge is -2.34. The van der Waals surface area contributed by atoms with E-state index in [0.717, 1.165) is 49.2 Å². The third kappa shape index (κ3) is 4.20. The molecular weight excluding hydrogens is 374 g/mol. The third-order valence-corrected chi connectivity index (χ3v) is 5.63. The number of hydrogen-bond acceptors (Lipinski definition) is 7. The Bertz CT molecular complexity index is 902. The number of hydrogen-bond donors (Lipinski definition) is 1. The van der Waals surface area contributed by atoms with Crippen molar-refractivity contribution in [1.82, 2.24) is 30.0 Å². The minimum absolute atomic E-state index is 0.0761. The second-order valence-corrected chi connectivity index (χ2v) is 7.62. The summed E-state index contributed by atoms with van der Waals surface area (Å²) in [5, 5.41) is 9.48.